The van der Waals surface area contributed by atoms with Crippen molar-refractivity contribution in [2.24, 2.45) is 5.92 Å². The molecule has 0 spiro atoms. The molecule has 1 amide bonds. The molecule has 1 aromatic rings. The predicted octanol–water partition coefficient (Wildman–Crippen LogP) is 1.85. The summed E-state index contributed by atoms with van der Waals surface area (Å²) in [7, 11) is 0. The van der Waals surface area contributed by atoms with Crippen molar-refractivity contribution in [3.05, 3.63) is 23.8 Å². The number of fused-ring (bicyclic) bond motifs is 1. The number of rotatable bonds is 2. The monoisotopic (exact) mass is 233 g/mol. The van der Waals surface area contributed by atoms with Gasteiger partial charge in [-0.25, -0.2) is 0 Å². The second kappa shape index (κ2) is 4.04. The highest BCUT2D eigenvalue weighted by Gasteiger charge is 2.27. The number of nitrogens with one attached hydrogen (secondary N) is 1. The van der Waals surface area contributed by atoms with Gasteiger partial charge in [0.15, 0.2) is 6.61 Å². The average Bonchev–Trinajstić information content (AvgIpc) is 2.25. The summed E-state index contributed by atoms with van der Waals surface area (Å²) >= 11 is 0. The van der Waals surface area contributed by atoms with E-state index in [1.165, 1.54) is 6.42 Å². The van der Waals surface area contributed by atoms with Crippen LogP contribution < -0.4 is 10.1 Å². The highest BCUT2D eigenvalue weighted by molar-refractivity contribution is 5.95. The summed E-state index contributed by atoms with van der Waals surface area (Å²) in [6.45, 7) is 0.0670. The van der Waals surface area contributed by atoms with Crippen LogP contribution in [0.5, 0.6) is 5.75 Å². The Morgan fingerprint density at radius 2 is 2.24 bits per heavy atom. The summed E-state index contributed by atoms with van der Waals surface area (Å²) in [5.41, 5.74) is 1.52. The maximum Gasteiger partial charge on any atom is 0.262 e. The van der Waals surface area contributed by atoms with Crippen LogP contribution in [-0.2, 0) is 4.79 Å². The summed E-state index contributed by atoms with van der Waals surface area (Å²) in [4.78, 5) is 11.2. The van der Waals surface area contributed by atoms with E-state index in [1.54, 1.807) is 0 Å². The van der Waals surface area contributed by atoms with Crippen molar-refractivity contribution >= 4 is 11.6 Å². The molecule has 1 aliphatic heterocycles. The van der Waals surface area contributed by atoms with E-state index in [1.807, 2.05) is 18.2 Å². The van der Waals surface area contributed by atoms with Gasteiger partial charge in [0.25, 0.3) is 5.91 Å². The van der Waals surface area contributed by atoms with Crippen LogP contribution in [0.1, 0.15) is 30.9 Å². The number of aliphatic hydroxyl groups is 1. The van der Waals surface area contributed by atoms with Crippen LogP contribution in [0.15, 0.2) is 18.2 Å². The van der Waals surface area contributed by atoms with E-state index in [0.717, 1.165) is 18.4 Å². The standard InChI is InChI=1S/C13H15NO3/c15-12-7-17-11-5-4-9(6-10(11)14-12)13(16)8-2-1-3-8/h4-6,8,13,16H,1-3,7H2,(H,14,15). The molecule has 4 nitrogen and oxygen atoms in total. The maximum atomic E-state index is 11.2. The summed E-state index contributed by atoms with van der Waals surface area (Å²) < 4.78 is 5.28. The van der Waals surface area contributed by atoms with Crippen LogP contribution in [0.4, 0.5) is 5.69 Å². The number of ether oxygens (including phenoxy) is 1. The molecule has 0 bridgehead atoms. The lowest BCUT2D eigenvalue weighted by molar-refractivity contribution is -0.118. The Kier molecular flexibility index (Phi) is 2.52. The van der Waals surface area contributed by atoms with E-state index >= 15 is 0 Å². The molecule has 2 N–H and O–H groups in total. The van der Waals surface area contributed by atoms with Crippen LogP contribution >= 0.6 is 0 Å². The minimum absolute atomic E-state index is 0.0670. The topological polar surface area (TPSA) is 58.6 Å². The van der Waals surface area contributed by atoms with Crippen molar-refractivity contribution in [1.29, 1.82) is 0 Å². The Morgan fingerprint density at radius 1 is 1.41 bits per heavy atom. The van der Waals surface area contributed by atoms with Gasteiger partial charge in [-0.1, -0.05) is 12.5 Å². The number of benzene rings is 1. The largest absolute Gasteiger partial charge is 0.482 e. The van der Waals surface area contributed by atoms with E-state index < -0.39 is 6.10 Å². The summed E-state index contributed by atoms with van der Waals surface area (Å²) in [6, 6.07) is 5.50. The normalized spacial score (nSPS) is 20.9. The minimum atomic E-state index is -0.423. The first-order valence-electron chi connectivity index (χ1n) is 5.99. The number of hydrogen-bond acceptors (Lipinski definition) is 3. The van der Waals surface area contributed by atoms with Crippen molar-refractivity contribution in [3.8, 4) is 5.75 Å². The molecule has 1 saturated carbocycles. The molecule has 4 heteroatoms. The molecule has 0 saturated heterocycles. The second-order valence-electron chi connectivity index (χ2n) is 4.73. The molecule has 1 aromatic carbocycles. The third-order valence-electron chi connectivity index (χ3n) is 3.57. The number of aliphatic hydroxyl groups excluding tert-OH is 1. The zero-order chi connectivity index (χ0) is 11.8. The second-order valence-corrected chi connectivity index (χ2v) is 4.73. The number of carbonyl (C=O) groups is 1. The predicted molar refractivity (Wildman–Crippen MR) is 62.9 cm³/mol. The molecule has 1 heterocycles. The van der Waals surface area contributed by atoms with E-state index in [-0.39, 0.29) is 12.5 Å². The maximum absolute atomic E-state index is 11.2. The molecular weight excluding hydrogens is 218 g/mol. The molecule has 17 heavy (non-hydrogen) atoms. The fourth-order valence-electron chi connectivity index (χ4n) is 2.31. The van der Waals surface area contributed by atoms with Crippen molar-refractivity contribution < 1.29 is 14.6 Å². The third-order valence-corrected chi connectivity index (χ3v) is 3.57. The van der Waals surface area contributed by atoms with E-state index in [4.69, 9.17) is 4.74 Å². The van der Waals surface area contributed by atoms with Gasteiger partial charge in [-0.05, 0) is 36.5 Å². The van der Waals surface area contributed by atoms with Gasteiger partial charge in [0.05, 0.1) is 11.8 Å². The summed E-state index contributed by atoms with van der Waals surface area (Å²) in [5, 5.41) is 12.9. The van der Waals surface area contributed by atoms with Gasteiger partial charge in [0.2, 0.25) is 0 Å². The Labute approximate surface area is 99.6 Å². The number of anilines is 1. The fraction of sp³-hybridized carbons (Fsp3) is 0.462. The first-order chi connectivity index (χ1) is 8.24. The number of carbonyl (C=O) groups excluding carboxylic acids is 1. The highest BCUT2D eigenvalue weighted by Crippen LogP contribution is 2.39. The molecule has 1 aliphatic carbocycles. The van der Waals surface area contributed by atoms with Crippen LogP contribution in [-0.4, -0.2) is 17.6 Å². The molecule has 90 valence electrons. The van der Waals surface area contributed by atoms with Gasteiger partial charge >= 0.3 is 0 Å². The van der Waals surface area contributed by atoms with Crippen LogP contribution in [0.25, 0.3) is 0 Å². The zero-order valence-electron chi connectivity index (χ0n) is 9.48. The average molecular weight is 233 g/mol. The van der Waals surface area contributed by atoms with Gasteiger partial charge in [-0.15, -0.1) is 0 Å². The summed E-state index contributed by atoms with van der Waals surface area (Å²) in [5.74, 6) is 0.898. The van der Waals surface area contributed by atoms with Crippen LogP contribution in [0.3, 0.4) is 0 Å². The molecule has 3 rings (SSSR count). The van der Waals surface area contributed by atoms with Crippen LogP contribution in [0.2, 0.25) is 0 Å². The fourth-order valence-corrected chi connectivity index (χ4v) is 2.31. The van der Waals surface area contributed by atoms with Crippen LogP contribution in [0, 0.1) is 5.92 Å². The van der Waals surface area contributed by atoms with Gasteiger partial charge in [-0.2, -0.15) is 0 Å². The molecule has 0 aromatic heterocycles. The Morgan fingerprint density at radius 3 is 2.94 bits per heavy atom. The molecule has 1 atom stereocenters. The van der Waals surface area contributed by atoms with Gasteiger partial charge in [-0.3, -0.25) is 4.79 Å². The molecule has 1 fully saturated rings. The van der Waals surface area contributed by atoms with Crippen molar-refractivity contribution in [3.63, 3.8) is 0 Å². The zero-order valence-corrected chi connectivity index (χ0v) is 9.48. The van der Waals surface area contributed by atoms with Crippen molar-refractivity contribution in [2.45, 2.75) is 25.4 Å². The highest BCUT2D eigenvalue weighted by atomic mass is 16.5. The van der Waals surface area contributed by atoms with E-state index in [9.17, 15) is 9.90 Å². The van der Waals surface area contributed by atoms with Gasteiger partial charge in [0.1, 0.15) is 5.75 Å². The lowest BCUT2D eigenvalue weighted by Gasteiger charge is -2.31. The Hall–Kier alpha value is -1.55. The lowest BCUT2D eigenvalue weighted by atomic mass is 9.79. The molecular formula is C13H15NO3. The molecule has 2 aliphatic rings. The smallest absolute Gasteiger partial charge is 0.262 e. The van der Waals surface area contributed by atoms with E-state index in [0.29, 0.717) is 17.4 Å². The van der Waals surface area contributed by atoms with Crippen molar-refractivity contribution in [2.75, 3.05) is 11.9 Å². The quantitative estimate of drug-likeness (QED) is 0.819. The Bertz CT molecular complexity index is 454. The minimum Gasteiger partial charge on any atom is -0.482 e. The molecule has 0 radical (unpaired) electrons. The van der Waals surface area contributed by atoms with Gasteiger partial charge < -0.3 is 15.2 Å². The lowest BCUT2D eigenvalue weighted by Crippen LogP contribution is -2.26. The summed E-state index contributed by atoms with van der Waals surface area (Å²) in [6.07, 6.45) is 2.95. The van der Waals surface area contributed by atoms with Gasteiger partial charge in [0, 0.05) is 0 Å². The van der Waals surface area contributed by atoms with E-state index in [2.05, 4.69) is 5.32 Å². The third kappa shape index (κ3) is 1.89. The first-order valence-corrected chi connectivity index (χ1v) is 5.99. The van der Waals surface area contributed by atoms with Crippen molar-refractivity contribution in [1.82, 2.24) is 0 Å². The number of amides is 1. The Balaban J connectivity index is 1.86. The first kappa shape index (κ1) is 10.6. The number of hydrogen-bond donors (Lipinski definition) is 2. The molecule has 1 unspecified atom stereocenters. The SMILES string of the molecule is O=C1COc2ccc(C(O)C3CCC3)cc2N1.